The largest absolute Gasteiger partial charge is 0.381 e. The van der Waals surface area contributed by atoms with Crippen LogP contribution in [0.25, 0.3) is 0 Å². The third kappa shape index (κ3) is 4.98. The van der Waals surface area contributed by atoms with Crippen LogP contribution in [-0.2, 0) is 28.9 Å². The van der Waals surface area contributed by atoms with Crippen molar-refractivity contribution in [1.82, 2.24) is 14.9 Å². The Bertz CT molecular complexity index is 1300. The van der Waals surface area contributed by atoms with Crippen molar-refractivity contribution in [2.45, 2.75) is 58.1 Å². The van der Waals surface area contributed by atoms with E-state index in [1.54, 1.807) is 18.1 Å². The van der Waals surface area contributed by atoms with Gasteiger partial charge in [0.1, 0.15) is 23.4 Å². The first-order valence-electron chi connectivity index (χ1n) is 13.2. The van der Waals surface area contributed by atoms with Crippen molar-refractivity contribution < 1.29 is 19.1 Å². The zero-order valence-corrected chi connectivity index (χ0v) is 21.8. The fraction of sp³-hybridized carbons (Fsp3) is 0.500. The molecule has 2 aromatic rings. The number of aromatic nitrogens is 2. The number of fused-ring (bicyclic) bond motifs is 1. The van der Waals surface area contributed by atoms with Crippen molar-refractivity contribution in [1.29, 1.82) is 5.26 Å². The Hall–Kier alpha value is -3.84. The smallest absolute Gasteiger partial charge is 0.328 e. The number of nitrogens with one attached hydrogen (secondary N) is 1. The maximum absolute atomic E-state index is 13.3. The van der Waals surface area contributed by atoms with Crippen molar-refractivity contribution in [2.75, 3.05) is 30.4 Å². The highest BCUT2D eigenvalue weighted by Crippen LogP contribution is 2.34. The van der Waals surface area contributed by atoms with Crippen molar-refractivity contribution in [3.63, 3.8) is 0 Å². The summed E-state index contributed by atoms with van der Waals surface area (Å²) in [5.74, 6) is 1.23. The van der Waals surface area contributed by atoms with Gasteiger partial charge in [-0.15, -0.1) is 0 Å². The van der Waals surface area contributed by atoms with E-state index in [1.165, 1.54) is 11.1 Å². The molecule has 0 bridgehead atoms. The Balaban J connectivity index is 1.35. The summed E-state index contributed by atoms with van der Waals surface area (Å²) in [4.78, 5) is 49.8. The maximum Gasteiger partial charge on any atom is 0.328 e. The summed E-state index contributed by atoms with van der Waals surface area (Å²) in [6, 6.07) is 5.46. The molecular weight excluding hydrogens is 484 g/mol. The lowest BCUT2D eigenvalue weighted by Crippen LogP contribution is -2.40. The van der Waals surface area contributed by atoms with Gasteiger partial charge < -0.3 is 9.64 Å². The molecule has 1 aliphatic carbocycles. The summed E-state index contributed by atoms with van der Waals surface area (Å²) in [5, 5.41) is 12.4. The molecule has 0 unspecified atom stereocenters. The molecule has 10 nitrogen and oxygen atoms in total. The molecule has 0 radical (unpaired) electrons. The van der Waals surface area contributed by atoms with Gasteiger partial charge in [-0.1, -0.05) is 6.92 Å². The zero-order chi connectivity index (χ0) is 26.8. The second-order valence-corrected chi connectivity index (χ2v) is 10.4. The summed E-state index contributed by atoms with van der Waals surface area (Å²) in [7, 11) is 1.70. The number of nitrogens with zero attached hydrogens (tertiary/aromatic N) is 5. The number of amides is 3. The Kier molecular flexibility index (Phi) is 7.38. The molecular formula is C28H32N6O4. The van der Waals surface area contributed by atoms with E-state index in [0.29, 0.717) is 61.0 Å². The van der Waals surface area contributed by atoms with Crippen LogP contribution in [-0.4, -0.2) is 59.4 Å². The standard InChI is InChI=1S/C28H32N6O4/c1-17-7-9-33(27(17)36)15-21-11-19-4-3-8-34(26(19)31-23(21)16-35)28(37)32-25-12-20(22(13-29)14-30-25)10-18-5-6-24(18)38-2/h11-12,14,16-18,24H,3-10,15H2,1-2H3,(H,30,32,37)/t17-,18+,24+/m1/s1. The summed E-state index contributed by atoms with van der Waals surface area (Å²) >= 11 is 0. The first-order chi connectivity index (χ1) is 18.4. The molecule has 2 aromatic heterocycles. The van der Waals surface area contributed by atoms with Crippen LogP contribution in [0.3, 0.4) is 0 Å². The van der Waals surface area contributed by atoms with Crippen LogP contribution in [0.5, 0.6) is 0 Å². The van der Waals surface area contributed by atoms with Crippen molar-refractivity contribution in [3.05, 3.63) is 46.3 Å². The predicted molar refractivity (Wildman–Crippen MR) is 140 cm³/mol. The van der Waals surface area contributed by atoms with Crippen LogP contribution >= 0.6 is 0 Å². The van der Waals surface area contributed by atoms with E-state index in [9.17, 15) is 19.6 Å². The molecule has 4 heterocycles. The fourth-order valence-corrected chi connectivity index (χ4v) is 5.62. The highest BCUT2D eigenvalue weighted by atomic mass is 16.5. The molecule has 0 aromatic carbocycles. The second kappa shape index (κ2) is 10.9. The van der Waals surface area contributed by atoms with Crippen LogP contribution in [0.4, 0.5) is 16.4 Å². The Labute approximate surface area is 222 Å². The Morgan fingerprint density at radius 3 is 2.76 bits per heavy atom. The molecule has 38 heavy (non-hydrogen) atoms. The maximum atomic E-state index is 13.3. The number of urea groups is 1. The molecule has 1 saturated carbocycles. The van der Waals surface area contributed by atoms with Crippen molar-refractivity contribution >= 4 is 29.9 Å². The number of aldehydes is 1. The predicted octanol–water partition coefficient (Wildman–Crippen LogP) is 3.48. The number of hydrogen-bond donors (Lipinski definition) is 1. The lowest BCUT2D eigenvalue weighted by atomic mass is 9.77. The van der Waals surface area contributed by atoms with Gasteiger partial charge in [0.05, 0.1) is 11.7 Å². The minimum Gasteiger partial charge on any atom is -0.381 e. The normalized spacial score (nSPS) is 22.4. The SMILES string of the molecule is CO[C@H]1CC[C@H]1Cc1cc(NC(=O)N2CCCc3cc(CN4CC[C@@H](C)C4=O)c(C=O)nc32)ncc1C#N. The molecule has 2 aliphatic heterocycles. The lowest BCUT2D eigenvalue weighted by molar-refractivity contribution is -0.131. The summed E-state index contributed by atoms with van der Waals surface area (Å²) in [6.45, 7) is 3.37. The highest BCUT2D eigenvalue weighted by molar-refractivity contribution is 6.01. The van der Waals surface area contributed by atoms with E-state index >= 15 is 0 Å². The summed E-state index contributed by atoms with van der Waals surface area (Å²) < 4.78 is 5.50. The molecule has 1 saturated heterocycles. The third-order valence-corrected chi connectivity index (χ3v) is 8.04. The molecule has 2 fully saturated rings. The third-order valence-electron chi connectivity index (χ3n) is 8.04. The van der Waals surface area contributed by atoms with Crippen LogP contribution in [0, 0.1) is 23.2 Å². The van der Waals surface area contributed by atoms with E-state index in [2.05, 4.69) is 21.4 Å². The lowest BCUT2D eigenvalue weighted by Gasteiger charge is -2.35. The first-order valence-corrected chi connectivity index (χ1v) is 13.2. The van der Waals surface area contributed by atoms with Gasteiger partial charge >= 0.3 is 6.03 Å². The molecule has 3 atom stereocenters. The van der Waals surface area contributed by atoms with Crippen LogP contribution in [0.1, 0.15) is 65.3 Å². The van der Waals surface area contributed by atoms with Gasteiger partial charge in [-0.3, -0.25) is 19.8 Å². The monoisotopic (exact) mass is 516 g/mol. The van der Waals surface area contributed by atoms with Crippen molar-refractivity contribution in [3.8, 4) is 6.07 Å². The molecule has 3 aliphatic rings. The number of aryl methyl sites for hydroxylation is 1. The van der Waals surface area contributed by atoms with Gasteiger partial charge in [-0.25, -0.2) is 14.8 Å². The average molecular weight is 517 g/mol. The molecule has 1 N–H and O–H groups in total. The number of methoxy groups -OCH3 is 1. The number of ether oxygens (including phenoxy) is 1. The van der Waals surface area contributed by atoms with Gasteiger partial charge in [0.15, 0.2) is 6.29 Å². The number of nitriles is 1. The number of carbonyl (C=O) groups excluding carboxylic acids is 3. The quantitative estimate of drug-likeness (QED) is 0.558. The number of likely N-dealkylation sites (tertiary alicyclic amines) is 1. The summed E-state index contributed by atoms with van der Waals surface area (Å²) in [5.41, 5.74) is 3.13. The van der Waals surface area contributed by atoms with Gasteiger partial charge in [-0.05, 0) is 67.7 Å². The van der Waals surface area contributed by atoms with Gasteiger partial charge in [0.2, 0.25) is 5.91 Å². The minimum atomic E-state index is -0.395. The minimum absolute atomic E-state index is 0.00840. The Morgan fingerprint density at radius 2 is 2.11 bits per heavy atom. The molecule has 10 heteroatoms. The van der Waals surface area contributed by atoms with E-state index in [1.807, 2.05) is 13.0 Å². The van der Waals surface area contributed by atoms with Crippen LogP contribution in [0.2, 0.25) is 0 Å². The fourth-order valence-electron chi connectivity index (χ4n) is 5.62. The number of carbonyl (C=O) groups is 3. The molecule has 0 spiro atoms. The number of pyridine rings is 2. The number of hydrogen-bond acceptors (Lipinski definition) is 7. The first kappa shape index (κ1) is 25.8. The van der Waals surface area contributed by atoms with E-state index in [4.69, 9.17) is 4.74 Å². The molecule has 3 amide bonds. The van der Waals surface area contributed by atoms with E-state index < -0.39 is 6.03 Å². The number of rotatable bonds is 7. The topological polar surface area (TPSA) is 129 Å². The van der Waals surface area contributed by atoms with Gasteiger partial charge in [0.25, 0.3) is 0 Å². The molecule has 198 valence electrons. The molecule has 5 rings (SSSR count). The average Bonchev–Trinajstić information content (AvgIpc) is 3.22. The van der Waals surface area contributed by atoms with E-state index in [-0.39, 0.29) is 23.6 Å². The van der Waals surface area contributed by atoms with Gasteiger partial charge in [0, 0.05) is 44.4 Å². The highest BCUT2D eigenvalue weighted by Gasteiger charge is 2.32. The summed E-state index contributed by atoms with van der Waals surface area (Å²) in [6.07, 6.45) is 7.37. The second-order valence-electron chi connectivity index (χ2n) is 10.4. The van der Waals surface area contributed by atoms with Crippen LogP contribution in [0.15, 0.2) is 18.3 Å². The van der Waals surface area contributed by atoms with Gasteiger partial charge in [-0.2, -0.15) is 5.26 Å². The van der Waals surface area contributed by atoms with E-state index in [0.717, 1.165) is 43.2 Å². The zero-order valence-electron chi connectivity index (χ0n) is 21.8. The van der Waals surface area contributed by atoms with Crippen LogP contribution < -0.4 is 10.2 Å². The van der Waals surface area contributed by atoms with Crippen molar-refractivity contribution in [2.24, 2.45) is 11.8 Å². The Morgan fingerprint density at radius 1 is 1.26 bits per heavy atom. The number of anilines is 2.